The van der Waals surface area contributed by atoms with Gasteiger partial charge in [0.05, 0.1) is 15.6 Å². The number of nitrogens with one attached hydrogen (secondary N) is 2. The molecule has 4 amide bonds. The molecule has 2 N–H and O–H groups in total. The van der Waals surface area contributed by atoms with Crippen molar-refractivity contribution in [2.75, 3.05) is 18.1 Å². The number of amides is 4. The van der Waals surface area contributed by atoms with Crippen molar-refractivity contribution in [2.24, 2.45) is 0 Å². The summed E-state index contributed by atoms with van der Waals surface area (Å²) in [5.74, 6) is -1.28. The summed E-state index contributed by atoms with van der Waals surface area (Å²) in [5, 5.41) is 7.17. The number of hydrogen-bond acceptors (Lipinski definition) is 5. The van der Waals surface area contributed by atoms with Gasteiger partial charge in [-0.3, -0.25) is 14.5 Å². The molecule has 0 saturated carbocycles. The van der Waals surface area contributed by atoms with Crippen molar-refractivity contribution >= 4 is 55.7 Å². The van der Waals surface area contributed by atoms with Crippen LogP contribution in [0.25, 0.3) is 10.8 Å². The summed E-state index contributed by atoms with van der Waals surface area (Å²) in [6.07, 6.45) is 1.03. The third-order valence-electron chi connectivity index (χ3n) is 5.54. The Morgan fingerprint density at radius 1 is 1.06 bits per heavy atom. The zero-order valence-electron chi connectivity index (χ0n) is 17.8. The molecule has 8 nitrogen and oxygen atoms in total. The maximum absolute atomic E-state index is 13.2. The number of fused-ring (bicyclic) bond motifs is 1. The van der Waals surface area contributed by atoms with E-state index in [2.05, 4.69) is 10.6 Å². The van der Waals surface area contributed by atoms with Crippen LogP contribution in [0.4, 0.5) is 10.5 Å². The van der Waals surface area contributed by atoms with Gasteiger partial charge in [-0.1, -0.05) is 48.0 Å². The monoisotopic (exact) mass is 485 g/mol. The van der Waals surface area contributed by atoms with Crippen LogP contribution in [0.15, 0.2) is 65.6 Å². The van der Waals surface area contributed by atoms with Gasteiger partial charge in [-0.2, -0.15) is 0 Å². The zero-order valence-corrected chi connectivity index (χ0v) is 19.3. The van der Waals surface area contributed by atoms with E-state index < -0.39 is 39.8 Å². The van der Waals surface area contributed by atoms with Crippen LogP contribution in [0.1, 0.15) is 12.5 Å². The summed E-state index contributed by atoms with van der Waals surface area (Å²) in [7, 11) is -3.52. The lowest BCUT2D eigenvalue weighted by Crippen LogP contribution is -2.42. The van der Waals surface area contributed by atoms with Crippen molar-refractivity contribution in [1.82, 2.24) is 10.2 Å². The molecular formula is C23H20ClN3O5S. The number of nitrogens with zero attached hydrogens (tertiary/aromatic N) is 1. The van der Waals surface area contributed by atoms with E-state index in [0.29, 0.717) is 5.56 Å². The molecule has 1 saturated heterocycles. The van der Waals surface area contributed by atoms with Crippen LogP contribution in [-0.4, -0.2) is 44.0 Å². The number of anilines is 1. The Morgan fingerprint density at radius 3 is 2.45 bits per heavy atom. The fourth-order valence-electron chi connectivity index (χ4n) is 3.70. The topological polar surface area (TPSA) is 113 Å². The highest BCUT2D eigenvalue weighted by Crippen LogP contribution is 2.31. The van der Waals surface area contributed by atoms with Crippen molar-refractivity contribution in [3.05, 3.63) is 71.2 Å². The molecule has 0 aromatic heterocycles. The van der Waals surface area contributed by atoms with Crippen LogP contribution in [0.3, 0.4) is 0 Å². The first-order valence-electron chi connectivity index (χ1n) is 9.92. The zero-order chi connectivity index (χ0) is 24.0. The quantitative estimate of drug-likeness (QED) is 0.538. The van der Waals surface area contributed by atoms with Crippen LogP contribution >= 0.6 is 11.6 Å². The van der Waals surface area contributed by atoms with Crippen molar-refractivity contribution in [2.45, 2.75) is 17.4 Å². The summed E-state index contributed by atoms with van der Waals surface area (Å²) in [6, 6.07) is 16.3. The largest absolute Gasteiger partial charge is 0.325 e. The molecule has 1 heterocycles. The SMILES string of the molecule is C[C@@]1(c2ccc3ccccc3c2)NC(=O)N(CC(=O)Nc2cc(S(C)(=O)=O)ccc2Cl)C1=O. The second-order valence-corrected chi connectivity index (χ2v) is 10.4. The third-order valence-corrected chi connectivity index (χ3v) is 6.98. The molecule has 0 unspecified atom stereocenters. The first-order valence-corrected chi connectivity index (χ1v) is 12.2. The van der Waals surface area contributed by atoms with Gasteiger partial charge in [0, 0.05) is 6.26 Å². The van der Waals surface area contributed by atoms with Gasteiger partial charge in [-0.15, -0.1) is 0 Å². The molecule has 10 heteroatoms. The van der Waals surface area contributed by atoms with Gasteiger partial charge in [0.2, 0.25) is 5.91 Å². The number of carbonyl (C=O) groups excluding carboxylic acids is 3. The molecule has 4 rings (SSSR count). The molecule has 0 bridgehead atoms. The highest BCUT2D eigenvalue weighted by Gasteiger charge is 2.49. The van der Waals surface area contributed by atoms with E-state index in [4.69, 9.17) is 11.6 Å². The average molecular weight is 486 g/mol. The Balaban J connectivity index is 1.55. The summed E-state index contributed by atoms with van der Waals surface area (Å²) < 4.78 is 23.5. The molecular weight excluding hydrogens is 466 g/mol. The van der Waals surface area contributed by atoms with Crippen molar-refractivity contribution < 1.29 is 22.8 Å². The molecule has 33 heavy (non-hydrogen) atoms. The molecule has 3 aromatic rings. The molecule has 0 radical (unpaired) electrons. The van der Waals surface area contributed by atoms with Gasteiger partial charge >= 0.3 is 6.03 Å². The van der Waals surface area contributed by atoms with E-state index in [9.17, 15) is 22.8 Å². The van der Waals surface area contributed by atoms with E-state index >= 15 is 0 Å². The molecule has 3 aromatic carbocycles. The highest BCUT2D eigenvalue weighted by atomic mass is 35.5. The minimum absolute atomic E-state index is 0.0268. The predicted octanol–water partition coefficient (Wildman–Crippen LogP) is 3.30. The van der Waals surface area contributed by atoms with Crippen molar-refractivity contribution in [3.63, 3.8) is 0 Å². The Kier molecular flexibility index (Phi) is 5.63. The Labute approximate surface area is 195 Å². The molecule has 0 spiro atoms. The summed E-state index contributed by atoms with van der Waals surface area (Å²) in [6.45, 7) is 1.02. The van der Waals surface area contributed by atoms with E-state index in [1.807, 2.05) is 36.4 Å². The molecule has 1 aliphatic heterocycles. The summed E-state index contributed by atoms with van der Waals surface area (Å²) in [5.41, 5.74) is -0.685. The number of benzene rings is 3. The van der Waals surface area contributed by atoms with E-state index in [0.717, 1.165) is 21.9 Å². The lowest BCUT2D eigenvalue weighted by atomic mass is 9.90. The molecule has 0 aliphatic carbocycles. The van der Waals surface area contributed by atoms with E-state index in [-0.39, 0.29) is 15.6 Å². The third kappa shape index (κ3) is 4.29. The second-order valence-electron chi connectivity index (χ2n) is 7.97. The maximum atomic E-state index is 13.2. The Bertz CT molecular complexity index is 1420. The van der Waals surface area contributed by atoms with Gasteiger partial charge in [0.25, 0.3) is 5.91 Å². The lowest BCUT2D eigenvalue weighted by molar-refractivity contribution is -0.133. The molecule has 1 fully saturated rings. The maximum Gasteiger partial charge on any atom is 0.325 e. The number of rotatable bonds is 5. The molecule has 1 atom stereocenters. The first-order chi connectivity index (χ1) is 15.5. The van der Waals surface area contributed by atoms with Crippen LogP contribution in [0, 0.1) is 0 Å². The highest BCUT2D eigenvalue weighted by molar-refractivity contribution is 7.90. The fraction of sp³-hybridized carbons (Fsp3) is 0.174. The minimum Gasteiger partial charge on any atom is -0.323 e. The Morgan fingerprint density at radius 2 is 1.76 bits per heavy atom. The van der Waals surface area contributed by atoms with Gasteiger partial charge in [-0.05, 0) is 47.5 Å². The van der Waals surface area contributed by atoms with Crippen LogP contribution in [-0.2, 0) is 25.0 Å². The van der Waals surface area contributed by atoms with E-state index in [1.54, 1.807) is 13.0 Å². The van der Waals surface area contributed by atoms with Crippen LogP contribution < -0.4 is 10.6 Å². The molecule has 1 aliphatic rings. The van der Waals surface area contributed by atoms with Gasteiger partial charge in [-0.25, -0.2) is 13.2 Å². The van der Waals surface area contributed by atoms with Crippen molar-refractivity contribution in [3.8, 4) is 0 Å². The van der Waals surface area contributed by atoms with Crippen molar-refractivity contribution in [1.29, 1.82) is 0 Å². The second kappa shape index (κ2) is 8.17. The van der Waals surface area contributed by atoms with E-state index in [1.165, 1.54) is 18.2 Å². The summed E-state index contributed by atoms with van der Waals surface area (Å²) >= 11 is 6.07. The number of halogens is 1. The number of imide groups is 1. The standard InChI is InChI=1S/C23H20ClN3O5S/c1-23(16-8-7-14-5-3-4-6-15(14)11-16)21(29)27(22(30)26-23)13-20(28)25-19-12-17(33(2,31)32)9-10-18(19)24/h3-12H,13H2,1-2H3,(H,25,28)(H,26,30)/t23-/m0/s1. The predicted molar refractivity (Wildman–Crippen MR) is 125 cm³/mol. The smallest absolute Gasteiger partial charge is 0.323 e. The van der Waals surface area contributed by atoms with Gasteiger partial charge in [0.15, 0.2) is 9.84 Å². The number of carbonyl (C=O) groups is 3. The Hall–Kier alpha value is -3.43. The fourth-order valence-corrected chi connectivity index (χ4v) is 4.51. The minimum atomic E-state index is -3.52. The summed E-state index contributed by atoms with van der Waals surface area (Å²) in [4.78, 5) is 39.2. The number of hydrogen-bond donors (Lipinski definition) is 2. The number of sulfone groups is 1. The van der Waals surface area contributed by atoms with Crippen LogP contribution in [0.2, 0.25) is 5.02 Å². The first kappa shape index (κ1) is 22.8. The lowest BCUT2D eigenvalue weighted by Gasteiger charge is -2.22. The van der Waals surface area contributed by atoms with Gasteiger partial charge in [0.1, 0.15) is 12.1 Å². The average Bonchev–Trinajstić information content (AvgIpc) is 2.98. The van der Waals surface area contributed by atoms with Gasteiger partial charge < -0.3 is 10.6 Å². The normalized spacial score (nSPS) is 18.5. The molecule has 170 valence electrons. The number of urea groups is 1. The van der Waals surface area contributed by atoms with Crippen LogP contribution in [0.5, 0.6) is 0 Å².